The van der Waals surface area contributed by atoms with E-state index in [1.165, 1.54) is 0 Å². The fourth-order valence-corrected chi connectivity index (χ4v) is 2.08. The minimum absolute atomic E-state index is 0.130. The summed E-state index contributed by atoms with van der Waals surface area (Å²) in [5, 5.41) is 2.78. The quantitative estimate of drug-likeness (QED) is 0.861. The van der Waals surface area contributed by atoms with Gasteiger partial charge in [-0.3, -0.25) is 4.79 Å². The monoisotopic (exact) mass is 322 g/mol. The Bertz CT molecular complexity index is 740. The molecule has 0 aliphatic carbocycles. The molecule has 0 aliphatic rings. The second-order valence-corrected chi connectivity index (χ2v) is 5.53. The highest BCUT2D eigenvalue weighted by Gasteiger charge is 2.04. The van der Waals surface area contributed by atoms with E-state index < -0.39 is 0 Å². The number of hydrogen-bond acceptors (Lipinski definition) is 3. The average Bonchev–Trinajstić information content (AvgIpc) is 2.59. The van der Waals surface area contributed by atoms with Crippen LogP contribution in [0.2, 0.25) is 0 Å². The zero-order valence-corrected chi connectivity index (χ0v) is 14.3. The minimum atomic E-state index is -0.130. The molecule has 0 spiro atoms. The summed E-state index contributed by atoms with van der Waals surface area (Å²) in [6.07, 6.45) is 0. The van der Waals surface area contributed by atoms with Crippen molar-refractivity contribution in [1.82, 2.24) is 5.32 Å². The van der Waals surface area contributed by atoms with Crippen molar-refractivity contribution in [3.63, 3.8) is 0 Å². The van der Waals surface area contributed by atoms with Crippen molar-refractivity contribution in [1.29, 1.82) is 0 Å². The van der Waals surface area contributed by atoms with E-state index in [0.717, 1.165) is 17.0 Å². The van der Waals surface area contributed by atoms with Crippen molar-refractivity contribution in [2.24, 2.45) is 0 Å². The predicted octanol–water partition coefficient (Wildman–Crippen LogP) is 2.87. The maximum absolute atomic E-state index is 12.0. The molecular formula is C20H22N2O2. The number of ether oxygens (including phenoxy) is 1. The summed E-state index contributed by atoms with van der Waals surface area (Å²) >= 11 is 0. The third kappa shape index (κ3) is 5.06. The Hall–Kier alpha value is -2.93. The molecule has 0 aliphatic heterocycles. The highest BCUT2D eigenvalue weighted by atomic mass is 16.5. The van der Waals surface area contributed by atoms with Crippen LogP contribution in [0.15, 0.2) is 48.5 Å². The van der Waals surface area contributed by atoms with Crippen molar-refractivity contribution in [3.8, 4) is 17.6 Å². The van der Waals surface area contributed by atoms with Gasteiger partial charge < -0.3 is 15.0 Å². The molecule has 4 nitrogen and oxygen atoms in total. The number of para-hydroxylation sites is 1. The first-order valence-electron chi connectivity index (χ1n) is 7.77. The predicted molar refractivity (Wildman–Crippen MR) is 97.6 cm³/mol. The van der Waals surface area contributed by atoms with E-state index in [0.29, 0.717) is 18.7 Å². The second-order valence-electron chi connectivity index (χ2n) is 5.53. The molecule has 1 amide bonds. The molecule has 1 N–H and O–H groups in total. The van der Waals surface area contributed by atoms with Crippen molar-refractivity contribution >= 4 is 11.6 Å². The van der Waals surface area contributed by atoms with Gasteiger partial charge in [-0.1, -0.05) is 30.0 Å². The van der Waals surface area contributed by atoms with Crippen LogP contribution in [0.5, 0.6) is 5.75 Å². The second kappa shape index (κ2) is 8.64. The third-order valence-electron chi connectivity index (χ3n) is 3.50. The molecule has 124 valence electrons. The lowest BCUT2D eigenvalue weighted by molar-refractivity contribution is 0.0958. The molecular weight excluding hydrogens is 300 g/mol. The lowest BCUT2D eigenvalue weighted by Gasteiger charge is -2.12. The Labute approximate surface area is 143 Å². The van der Waals surface area contributed by atoms with Gasteiger partial charge in [0.05, 0.1) is 6.54 Å². The molecule has 0 aromatic heterocycles. The van der Waals surface area contributed by atoms with Crippen LogP contribution in [0.4, 0.5) is 5.69 Å². The number of carbonyl (C=O) groups is 1. The molecule has 0 saturated carbocycles. The van der Waals surface area contributed by atoms with Crippen LogP contribution in [0.3, 0.4) is 0 Å². The summed E-state index contributed by atoms with van der Waals surface area (Å²) < 4.78 is 5.57. The molecule has 0 heterocycles. The molecule has 24 heavy (non-hydrogen) atoms. The molecule has 0 saturated heterocycles. The molecule has 0 fully saturated rings. The molecule has 0 unspecified atom stereocenters. The van der Waals surface area contributed by atoms with E-state index in [9.17, 15) is 4.79 Å². The largest absolute Gasteiger partial charge is 0.481 e. The summed E-state index contributed by atoms with van der Waals surface area (Å²) in [4.78, 5) is 14.0. The van der Waals surface area contributed by atoms with Crippen LogP contribution in [0, 0.1) is 18.8 Å². The first kappa shape index (κ1) is 17.4. The van der Waals surface area contributed by atoms with Crippen LogP contribution in [-0.2, 0) is 0 Å². The van der Waals surface area contributed by atoms with Crippen molar-refractivity contribution in [2.75, 3.05) is 32.1 Å². The lowest BCUT2D eigenvalue weighted by atomic mass is 10.2. The highest BCUT2D eigenvalue weighted by Crippen LogP contribution is 2.15. The average molecular weight is 322 g/mol. The van der Waals surface area contributed by atoms with E-state index in [-0.39, 0.29) is 5.91 Å². The zero-order valence-electron chi connectivity index (χ0n) is 14.3. The number of carbonyl (C=O) groups excluding carboxylic acids is 1. The van der Waals surface area contributed by atoms with Crippen LogP contribution >= 0.6 is 0 Å². The van der Waals surface area contributed by atoms with Gasteiger partial charge in [-0.15, -0.1) is 0 Å². The fraction of sp³-hybridized carbons (Fsp3) is 0.250. The number of aryl methyl sites for hydroxylation is 1. The molecule has 0 atom stereocenters. The topological polar surface area (TPSA) is 41.6 Å². The standard InChI is InChI=1S/C20H22N2O2/c1-16-8-4-5-9-19(16)24-15-7-6-14-21-20(23)17-10-12-18(13-11-17)22(2)3/h4-5,8-13H,14-15H2,1-3H3,(H,21,23). The number of nitrogens with zero attached hydrogens (tertiary/aromatic N) is 1. The van der Waals surface area contributed by atoms with Gasteiger partial charge in [0.25, 0.3) is 5.91 Å². The Balaban J connectivity index is 1.76. The Morgan fingerprint density at radius 1 is 1.08 bits per heavy atom. The smallest absolute Gasteiger partial charge is 0.252 e. The molecule has 0 radical (unpaired) electrons. The lowest BCUT2D eigenvalue weighted by Crippen LogP contribution is -2.23. The Morgan fingerprint density at radius 2 is 1.79 bits per heavy atom. The SMILES string of the molecule is Cc1ccccc1OCC#CCNC(=O)c1ccc(N(C)C)cc1. The summed E-state index contributed by atoms with van der Waals surface area (Å²) in [5.74, 6) is 6.49. The summed E-state index contributed by atoms with van der Waals surface area (Å²) in [7, 11) is 3.92. The van der Waals surface area contributed by atoms with Gasteiger partial charge in [-0.2, -0.15) is 0 Å². The van der Waals surface area contributed by atoms with Crippen LogP contribution in [0.1, 0.15) is 15.9 Å². The van der Waals surface area contributed by atoms with Gasteiger partial charge in [0.2, 0.25) is 0 Å². The zero-order chi connectivity index (χ0) is 17.4. The van der Waals surface area contributed by atoms with E-state index in [2.05, 4.69) is 17.2 Å². The maximum Gasteiger partial charge on any atom is 0.252 e. The molecule has 2 rings (SSSR count). The van der Waals surface area contributed by atoms with Crippen molar-refractivity contribution < 1.29 is 9.53 Å². The van der Waals surface area contributed by atoms with Gasteiger partial charge >= 0.3 is 0 Å². The molecule has 0 bridgehead atoms. The summed E-state index contributed by atoms with van der Waals surface area (Å²) in [6.45, 7) is 2.59. The van der Waals surface area contributed by atoms with E-state index in [4.69, 9.17) is 4.74 Å². The van der Waals surface area contributed by atoms with Gasteiger partial charge in [-0.05, 0) is 42.8 Å². The molecule has 2 aromatic rings. The van der Waals surface area contributed by atoms with Gasteiger partial charge in [-0.25, -0.2) is 0 Å². The fourth-order valence-electron chi connectivity index (χ4n) is 2.08. The van der Waals surface area contributed by atoms with E-state index in [1.807, 2.05) is 62.3 Å². The first-order valence-corrected chi connectivity index (χ1v) is 7.77. The summed E-state index contributed by atoms with van der Waals surface area (Å²) in [5.41, 5.74) is 2.76. The van der Waals surface area contributed by atoms with E-state index >= 15 is 0 Å². The third-order valence-corrected chi connectivity index (χ3v) is 3.50. The normalized spacial score (nSPS) is 9.62. The number of anilines is 1. The molecule has 4 heteroatoms. The van der Waals surface area contributed by atoms with Gasteiger partial charge in [0.15, 0.2) is 0 Å². The number of hydrogen-bond donors (Lipinski definition) is 1. The van der Waals surface area contributed by atoms with Crippen LogP contribution in [-0.4, -0.2) is 33.2 Å². The number of rotatable bonds is 5. The molecule has 2 aromatic carbocycles. The van der Waals surface area contributed by atoms with Gasteiger partial charge in [0, 0.05) is 25.3 Å². The number of amides is 1. The van der Waals surface area contributed by atoms with Crippen molar-refractivity contribution in [2.45, 2.75) is 6.92 Å². The van der Waals surface area contributed by atoms with E-state index in [1.54, 1.807) is 12.1 Å². The minimum Gasteiger partial charge on any atom is -0.481 e. The summed E-state index contributed by atoms with van der Waals surface area (Å²) in [6, 6.07) is 15.2. The highest BCUT2D eigenvalue weighted by molar-refractivity contribution is 5.94. The van der Waals surface area contributed by atoms with Crippen LogP contribution in [0.25, 0.3) is 0 Å². The number of benzene rings is 2. The van der Waals surface area contributed by atoms with Crippen molar-refractivity contribution in [3.05, 3.63) is 59.7 Å². The maximum atomic E-state index is 12.0. The number of nitrogens with one attached hydrogen (secondary N) is 1. The first-order chi connectivity index (χ1) is 11.6. The Kier molecular flexibility index (Phi) is 6.27. The van der Waals surface area contributed by atoms with Gasteiger partial charge in [0.1, 0.15) is 12.4 Å². The van der Waals surface area contributed by atoms with Crippen LogP contribution < -0.4 is 15.0 Å². The Morgan fingerprint density at radius 3 is 2.46 bits per heavy atom.